The van der Waals surface area contributed by atoms with Crippen molar-refractivity contribution in [3.8, 4) is 34.5 Å². The van der Waals surface area contributed by atoms with Crippen LogP contribution in [0.15, 0.2) is 60.2 Å². The van der Waals surface area contributed by atoms with Gasteiger partial charge in [0.1, 0.15) is 5.75 Å². The molecule has 0 spiro atoms. The molecule has 36 heavy (non-hydrogen) atoms. The zero-order chi connectivity index (χ0) is 25.2. The average Bonchev–Trinajstić information content (AvgIpc) is 3.56. The Kier molecular flexibility index (Phi) is 6.12. The number of carboxylic acids is 1. The number of allylic oxidation sites excluding steroid dienone is 1. The van der Waals surface area contributed by atoms with Gasteiger partial charge in [-0.3, -0.25) is 4.79 Å². The number of fused-ring (bicyclic) bond motifs is 2. The van der Waals surface area contributed by atoms with Crippen molar-refractivity contribution in [1.82, 2.24) is 0 Å². The van der Waals surface area contributed by atoms with E-state index in [1.165, 1.54) is 14.2 Å². The number of hydrogen-bond donors (Lipinski definition) is 1. The van der Waals surface area contributed by atoms with E-state index < -0.39 is 11.8 Å². The fourth-order valence-corrected chi connectivity index (χ4v) is 4.17. The number of hydrogen-bond acceptors (Lipinski definition) is 8. The van der Waals surface area contributed by atoms with Crippen molar-refractivity contribution in [1.29, 1.82) is 0 Å². The van der Waals surface area contributed by atoms with Gasteiger partial charge in [-0.1, -0.05) is 6.07 Å². The number of ketones is 1. The van der Waals surface area contributed by atoms with E-state index in [1.54, 1.807) is 54.6 Å². The Bertz CT molecular complexity index is 1370. The van der Waals surface area contributed by atoms with Crippen LogP contribution in [-0.2, 0) is 11.2 Å². The number of benzene rings is 3. The minimum atomic E-state index is -1.25. The Labute approximate surface area is 206 Å². The Balaban J connectivity index is 1.66. The second kappa shape index (κ2) is 9.53. The Morgan fingerprint density at radius 2 is 1.50 bits per heavy atom. The summed E-state index contributed by atoms with van der Waals surface area (Å²) >= 11 is 0. The lowest BCUT2D eigenvalue weighted by Crippen LogP contribution is -2.14. The SMILES string of the molecule is COc1ccc(C(=O)C(Cc2cc(OC)c3c(c2)OCO3)=C(C(=O)O)c2ccc3c(c2)OCO3)cc1. The number of ether oxygens (including phenoxy) is 6. The van der Waals surface area contributed by atoms with Crippen LogP contribution in [0.4, 0.5) is 0 Å². The van der Waals surface area contributed by atoms with Crippen molar-refractivity contribution < 1.29 is 43.1 Å². The number of rotatable bonds is 8. The first-order valence-electron chi connectivity index (χ1n) is 11.0. The predicted octanol–water partition coefficient (Wildman–Crippen LogP) is 4.13. The summed E-state index contributed by atoms with van der Waals surface area (Å²) in [6.07, 6.45) is -0.00601. The molecule has 0 fully saturated rings. The molecule has 0 amide bonds. The number of methoxy groups -OCH3 is 2. The first-order valence-corrected chi connectivity index (χ1v) is 11.0. The molecule has 0 saturated carbocycles. The van der Waals surface area contributed by atoms with Gasteiger partial charge in [0.05, 0.1) is 19.8 Å². The summed E-state index contributed by atoms with van der Waals surface area (Å²) in [7, 11) is 3.02. The molecule has 0 saturated heterocycles. The standard InChI is InChI=1S/C27H22O9/c1-31-18-6-3-16(4-7-18)25(28)19(9-15-10-22(32-2)26-23(11-15)35-14-36-26)24(27(29)30)17-5-8-20-21(12-17)34-13-33-20/h3-8,10-12H,9,13-14H2,1-2H3,(H,29,30). The molecule has 1 N–H and O–H groups in total. The quantitative estimate of drug-likeness (QED) is 0.368. The number of Topliss-reactive ketones (excluding diaryl/α,β-unsaturated/α-hetero) is 1. The van der Waals surface area contributed by atoms with E-state index in [9.17, 15) is 14.7 Å². The van der Waals surface area contributed by atoms with Crippen molar-refractivity contribution in [3.63, 3.8) is 0 Å². The van der Waals surface area contributed by atoms with Crippen LogP contribution in [-0.4, -0.2) is 44.7 Å². The average molecular weight is 490 g/mol. The van der Waals surface area contributed by atoms with Gasteiger partial charge >= 0.3 is 5.97 Å². The van der Waals surface area contributed by atoms with Gasteiger partial charge in [-0.15, -0.1) is 0 Å². The Hall–Kier alpha value is -4.66. The van der Waals surface area contributed by atoms with Gasteiger partial charge in [-0.2, -0.15) is 0 Å². The Morgan fingerprint density at radius 1 is 0.806 bits per heavy atom. The highest BCUT2D eigenvalue weighted by atomic mass is 16.7. The summed E-state index contributed by atoms with van der Waals surface area (Å²) in [6, 6.07) is 14.7. The highest BCUT2D eigenvalue weighted by Gasteiger charge is 2.27. The maximum atomic E-state index is 13.8. The third-order valence-corrected chi connectivity index (χ3v) is 5.90. The highest BCUT2D eigenvalue weighted by Crippen LogP contribution is 2.43. The lowest BCUT2D eigenvalue weighted by Gasteiger charge is -2.15. The molecule has 5 rings (SSSR count). The van der Waals surface area contributed by atoms with Crippen LogP contribution in [0.25, 0.3) is 5.57 Å². The molecular weight excluding hydrogens is 468 g/mol. The van der Waals surface area contributed by atoms with Crippen LogP contribution in [0.5, 0.6) is 34.5 Å². The zero-order valence-corrected chi connectivity index (χ0v) is 19.5. The van der Waals surface area contributed by atoms with Crippen LogP contribution in [0.1, 0.15) is 21.5 Å². The summed E-state index contributed by atoms with van der Waals surface area (Å²) < 4.78 is 32.4. The van der Waals surface area contributed by atoms with Crippen molar-refractivity contribution in [2.45, 2.75) is 6.42 Å². The second-order valence-corrected chi connectivity index (χ2v) is 7.99. The van der Waals surface area contributed by atoms with E-state index in [2.05, 4.69) is 0 Å². The van der Waals surface area contributed by atoms with E-state index in [0.717, 1.165) is 0 Å². The fourth-order valence-electron chi connectivity index (χ4n) is 4.17. The first kappa shape index (κ1) is 23.1. The topological polar surface area (TPSA) is 110 Å². The Morgan fingerprint density at radius 3 is 2.22 bits per heavy atom. The lowest BCUT2D eigenvalue weighted by atomic mass is 9.89. The molecule has 0 radical (unpaired) electrons. The highest BCUT2D eigenvalue weighted by molar-refractivity contribution is 6.26. The number of carbonyl (C=O) groups excluding carboxylic acids is 1. The van der Waals surface area contributed by atoms with Crippen molar-refractivity contribution >= 4 is 17.3 Å². The van der Waals surface area contributed by atoms with Gasteiger partial charge < -0.3 is 33.5 Å². The smallest absolute Gasteiger partial charge is 0.336 e. The molecule has 2 aliphatic rings. The lowest BCUT2D eigenvalue weighted by molar-refractivity contribution is -0.130. The number of aliphatic carboxylic acids is 1. The number of carboxylic acid groups (broad SMARTS) is 1. The molecule has 3 aromatic rings. The summed E-state index contributed by atoms with van der Waals surface area (Å²) in [5.74, 6) is 1.15. The summed E-state index contributed by atoms with van der Waals surface area (Å²) in [5.41, 5.74) is 1.18. The third-order valence-electron chi connectivity index (χ3n) is 5.90. The summed E-state index contributed by atoms with van der Waals surface area (Å²) in [6.45, 7) is 0.0831. The minimum absolute atomic E-state index is 0.00601. The normalized spacial score (nSPS) is 13.7. The summed E-state index contributed by atoms with van der Waals surface area (Å²) in [5, 5.41) is 10.3. The van der Waals surface area contributed by atoms with E-state index in [1.807, 2.05) is 0 Å². The predicted molar refractivity (Wildman–Crippen MR) is 127 cm³/mol. The van der Waals surface area contributed by atoms with Gasteiger partial charge in [0.15, 0.2) is 28.8 Å². The molecule has 3 aromatic carbocycles. The molecule has 9 heteroatoms. The monoisotopic (exact) mass is 490 g/mol. The number of carbonyl (C=O) groups is 2. The molecule has 0 aromatic heterocycles. The van der Waals surface area contributed by atoms with E-state index in [0.29, 0.717) is 51.2 Å². The molecular formula is C27H22O9. The van der Waals surface area contributed by atoms with Gasteiger partial charge in [-0.05, 0) is 59.7 Å². The largest absolute Gasteiger partial charge is 0.497 e. The molecule has 184 valence electrons. The molecule has 0 atom stereocenters. The van der Waals surface area contributed by atoms with Crippen LogP contribution in [0, 0.1) is 0 Å². The maximum absolute atomic E-state index is 13.8. The van der Waals surface area contributed by atoms with Crippen molar-refractivity contribution in [2.24, 2.45) is 0 Å². The van der Waals surface area contributed by atoms with E-state index >= 15 is 0 Å². The summed E-state index contributed by atoms with van der Waals surface area (Å²) in [4.78, 5) is 26.4. The maximum Gasteiger partial charge on any atom is 0.336 e. The van der Waals surface area contributed by atoms with Gasteiger partial charge in [0.2, 0.25) is 19.3 Å². The minimum Gasteiger partial charge on any atom is -0.497 e. The zero-order valence-electron chi connectivity index (χ0n) is 19.5. The molecule has 0 aliphatic carbocycles. The first-order chi connectivity index (χ1) is 17.5. The van der Waals surface area contributed by atoms with E-state index in [4.69, 9.17) is 28.4 Å². The third kappa shape index (κ3) is 4.26. The second-order valence-electron chi connectivity index (χ2n) is 7.99. The fraction of sp³-hybridized carbons (Fsp3) is 0.185. The van der Waals surface area contributed by atoms with Gasteiger partial charge in [0, 0.05) is 17.6 Å². The van der Waals surface area contributed by atoms with Crippen molar-refractivity contribution in [3.05, 3.63) is 76.9 Å². The van der Waals surface area contributed by atoms with Crippen molar-refractivity contribution in [2.75, 3.05) is 27.8 Å². The van der Waals surface area contributed by atoms with Gasteiger partial charge in [-0.25, -0.2) is 4.79 Å². The molecule has 9 nitrogen and oxygen atoms in total. The van der Waals surface area contributed by atoms with E-state index in [-0.39, 0.29) is 31.2 Å². The molecule has 2 aliphatic heterocycles. The molecule has 0 bridgehead atoms. The van der Waals surface area contributed by atoms with Crippen LogP contribution < -0.4 is 28.4 Å². The van der Waals surface area contributed by atoms with Crippen LogP contribution in [0.3, 0.4) is 0 Å². The van der Waals surface area contributed by atoms with Crippen LogP contribution in [0.2, 0.25) is 0 Å². The van der Waals surface area contributed by atoms with Gasteiger partial charge in [0.25, 0.3) is 0 Å². The van der Waals surface area contributed by atoms with Crippen LogP contribution >= 0.6 is 0 Å². The molecule has 0 unspecified atom stereocenters. The molecule has 2 heterocycles.